The number of hydrogen-bond acceptors (Lipinski definition) is 1. The van der Waals surface area contributed by atoms with Crippen molar-refractivity contribution in [1.82, 2.24) is 0 Å². The van der Waals surface area contributed by atoms with Crippen LogP contribution in [-0.2, 0) is 4.79 Å². The van der Waals surface area contributed by atoms with Crippen LogP contribution in [0.1, 0.15) is 17.9 Å². The number of benzene rings is 1. The first-order chi connectivity index (χ1) is 6.33. The molecule has 0 unspecified atom stereocenters. The lowest BCUT2D eigenvalue weighted by atomic mass is 9.97. The summed E-state index contributed by atoms with van der Waals surface area (Å²) in [6.07, 6.45) is 0.836. The molecule has 1 aliphatic heterocycles. The average molecular weight is 177 g/mol. The Morgan fingerprint density at radius 2 is 2.15 bits per heavy atom. The first-order valence-electron chi connectivity index (χ1n) is 4.52. The van der Waals surface area contributed by atoms with E-state index < -0.39 is 0 Å². The van der Waals surface area contributed by atoms with Crippen molar-refractivity contribution in [2.75, 3.05) is 11.9 Å². The number of anilines is 1. The molecular formula is C10H13N2O+. The van der Waals surface area contributed by atoms with E-state index in [4.69, 9.17) is 0 Å². The van der Waals surface area contributed by atoms with Gasteiger partial charge in [-0.05, 0) is 11.6 Å². The molecule has 4 N–H and O–H groups in total. The van der Waals surface area contributed by atoms with Gasteiger partial charge in [-0.15, -0.1) is 0 Å². The van der Waals surface area contributed by atoms with E-state index >= 15 is 0 Å². The Labute approximate surface area is 76.9 Å². The Bertz CT molecular complexity index is 335. The standard InChI is InChI=1S/C10H12N2O/c11-6-5-8-7-3-1-2-4-9(7)12-10(8)13/h1-4,8H,5-6,11H2,(H,12,13)/p+1/t8-/m0/s1. The normalized spacial score (nSPS) is 19.8. The Kier molecular flexibility index (Phi) is 2.02. The summed E-state index contributed by atoms with van der Waals surface area (Å²) in [4.78, 5) is 11.5. The maximum atomic E-state index is 11.5. The molecular weight excluding hydrogens is 164 g/mol. The van der Waals surface area contributed by atoms with E-state index in [1.165, 1.54) is 0 Å². The number of amides is 1. The van der Waals surface area contributed by atoms with Crippen molar-refractivity contribution in [2.24, 2.45) is 0 Å². The van der Waals surface area contributed by atoms with Gasteiger partial charge in [-0.25, -0.2) is 0 Å². The van der Waals surface area contributed by atoms with Gasteiger partial charge < -0.3 is 11.1 Å². The third kappa shape index (κ3) is 1.31. The second-order valence-electron chi connectivity index (χ2n) is 3.27. The van der Waals surface area contributed by atoms with Gasteiger partial charge in [0.25, 0.3) is 0 Å². The minimum atomic E-state index is 0.0219. The predicted molar refractivity (Wildman–Crippen MR) is 50.2 cm³/mol. The fourth-order valence-corrected chi connectivity index (χ4v) is 1.77. The number of carbonyl (C=O) groups is 1. The highest BCUT2D eigenvalue weighted by atomic mass is 16.2. The number of hydrogen-bond donors (Lipinski definition) is 2. The first kappa shape index (κ1) is 8.26. The highest BCUT2D eigenvalue weighted by Crippen LogP contribution is 2.33. The number of quaternary nitrogens is 1. The quantitative estimate of drug-likeness (QED) is 0.673. The lowest BCUT2D eigenvalue weighted by Gasteiger charge is -2.03. The van der Waals surface area contributed by atoms with Crippen LogP contribution in [0.2, 0.25) is 0 Å². The van der Waals surface area contributed by atoms with Gasteiger partial charge in [-0.2, -0.15) is 0 Å². The van der Waals surface area contributed by atoms with Crippen molar-refractivity contribution >= 4 is 11.6 Å². The van der Waals surface area contributed by atoms with Gasteiger partial charge in [0.2, 0.25) is 5.91 Å². The van der Waals surface area contributed by atoms with Gasteiger partial charge in [0.05, 0.1) is 12.5 Å². The summed E-state index contributed by atoms with van der Waals surface area (Å²) in [6, 6.07) is 7.85. The molecule has 0 bridgehead atoms. The van der Waals surface area contributed by atoms with Crippen LogP contribution in [0.5, 0.6) is 0 Å². The summed E-state index contributed by atoms with van der Waals surface area (Å²) in [7, 11) is 0. The Morgan fingerprint density at radius 3 is 2.92 bits per heavy atom. The van der Waals surface area contributed by atoms with Gasteiger partial charge in [-0.1, -0.05) is 18.2 Å². The predicted octanol–water partition coefficient (Wildman–Crippen LogP) is 0.354. The number of nitrogens with one attached hydrogen (secondary N) is 1. The van der Waals surface area contributed by atoms with Crippen LogP contribution in [0.15, 0.2) is 24.3 Å². The number of rotatable bonds is 2. The molecule has 0 aliphatic carbocycles. The topological polar surface area (TPSA) is 56.7 Å². The zero-order valence-corrected chi connectivity index (χ0v) is 7.42. The summed E-state index contributed by atoms with van der Waals surface area (Å²) in [5, 5.41) is 2.87. The smallest absolute Gasteiger partial charge is 0.232 e. The van der Waals surface area contributed by atoms with Gasteiger partial charge in [0.15, 0.2) is 0 Å². The van der Waals surface area contributed by atoms with Crippen LogP contribution in [0.25, 0.3) is 0 Å². The number of fused-ring (bicyclic) bond motifs is 1. The monoisotopic (exact) mass is 177 g/mol. The molecule has 1 aromatic carbocycles. The SMILES string of the molecule is [NH3+]CC[C@@H]1C(=O)Nc2ccccc21. The molecule has 0 radical (unpaired) electrons. The Hall–Kier alpha value is -1.35. The van der Waals surface area contributed by atoms with Gasteiger partial charge in [0, 0.05) is 12.1 Å². The minimum absolute atomic E-state index is 0.0219. The van der Waals surface area contributed by atoms with Gasteiger partial charge >= 0.3 is 0 Å². The van der Waals surface area contributed by atoms with E-state index in [1.54, 1.807) is 0 Å². The van der Waals surface area contributed by atoms with Crippen LogP contribution >= 0.6 is 0 Å². The van der Waals surface area contributed by atoms with Crippen LogP contribution in [0, 0.1) is 0 Å². The van der Waals surface area contributed by atoms with Gasteiger partial charge in [0.1, 0.15) is 0 Å². The fourth-order valence-electron chi connectivity index (χ4n) is 1.77. The van der Waals surface area contributed by atoms with E-state index in [2.05, 4.69) is 11.1 Å². The molecule has 0 spiro atoms. The molecule has 68 valence electrons. The zero-order valence-electron chi connectivity index (χ0n) is 7.42. The summed E-state index contributed by atoms with van der Waals surface area (Å²) in [5.41, 5.74) is 5.86. The summed E-state index contributed by atoms with van der Waals surface area (Å²) < 4.78 is 0. The molecule has 13 heavy (non-hydrogen) atoms. The highest BCUT2D eigenvalue weighted by molar-refractivity contribution is 6.02. The number of carbonyl (C=O) groups excluding carboxylic acids is 1. The van der Waals surface area contributed by atoms with E-state index in [0.717, 1.165) is 24.2 Å². The van der Waals surface area contributed by atoms with Crippen molar-refractivity contribution in [3.05, 3.63) is 29.8 Å². The van der Waals surface area contributed by atoms with E-state index in [1.807, 2.05) is 24.3 Å². The number of para-hydroxylation sites is 1. The average Bonchev–Trinajstić information content (AvgIpc) is 2.44. The summed E-state index contributed by atoms with van der Waals surface area (Å²) >= 11 is 0. The molecule has 0 saturated heterocycles. The van der Waals surface area contributed by atoms with Crippen molar-refractivity contribution in [1.29, 1.82) is 0 Å². The highest BCUT2D eigenvalue weighted by Gasteiger charge is 2.29. The van der Waals surface area contributed by atoms with E-state index in [0.29, 0.717) is 0 Å². The third-order valence-electron chi connectivity index (χ3n) is 2.40. The van der Waals surface area contributed by atoms with Gasteiger partial charge in [-0.3, -0.25) is 4.79 Å². The van der Waals surface area contributed by atoms with Crippen molar-refractivity contribution in [3.63, 3.8) is 0 Å². The molecule has 2 rings (SSSR count). The second-order valence-corrected chi connectivity index (χ2v) is 3.27. The van der Waals surface area contributed by atoms with Crippen molar-refractivity contribution < 1.29 is 10.5 Å². The zero-order chi connectivity index (χ0) is 9.26. The largest absolute Gasteiger partial charge is 0.358 e. The minimum Gasteiger partial charge on any atom is -0.358 e. The maximum Gasteiger partial charge on any atom is 0.232 e. The molecule has 0 aromatic heterocycles. The van der Waals surface area contributed by atoms with E-state index in [9.17, 15) is 4.79 Å². The summed E-state index contributed by atoms with van der Waals surface area (Å²) in [5.74, 6) is 0.138. The van der Waals surface area contributed by atoms with Crippen LogP contribution in [-0.4, -0.2) is 12.5 Å². The van der Waals surface area contributed by atoms with Crippen molar-refractivity contribution in [3.8, 4) is 0 Å². The molecule has 0 fully saturated rings. The third-order valence-corrected chi connectivity index (χ3v) is 2.40. The first-order valence-corrected chi connectivity index (χ1v) is 4.52. The molecule has 1 atom stereocenters. The van der Waals surface area contributed by atoms with Crippen LogP contribution < -0.4 is 11.1 Å². The lowest BCUT2D eigenvalue weighted by molar-refractivity contribution is -0.368. The fraction of sp³-hybridized carbons (Fsp3) is 0.300. The molecule has 1 aromatic rings. The van der Waals surface area contributed by atoms with Crippen molar-refractivity contribution in [2.45, 2.75) is 12.3 Å². The molecule has 0 saturated carbocycles. The second kappa shape index (κ2) is 3.18. The molecule has 3 heteroatoms. The Morgan fingerprint density at radius 1 is 1.38 bits per heavy atom. The molecule has 1 aliphatic rings. The molecule has 1 amide bonds. The summed E-state index contributed by atoms with van der Waals surface area (Å²) in [6.45, 7) is 0.798. The lowest BCUT2D eigenvalue weighted by Crippen LogP contribution is -2.50. The molecule has 3 nitrogen and oxygen atoms in total. The maximum absolute atomic E-state index is 11.5. The van der Waals surface area contributed by atoms with Crippen LogP contribution in [0.4, 0.5) is 5.69 Å². The molecule has 1 heterocycles. The van der Waals surface area contributed by atoms with E-state index in [-0.39, 0.29) is 11.8 Å². The van der Waals surface area contributed by atoms with Crippen LogP contribution in [0.3, 0.4) is 0 Å². The Balaban J connectivity index is 2.35.